The number of likely N-dealkylation sites (tertiary alicyclic amines) is 1. The predicted octanol–water partition coefficient (Wildman–Crippen LogP) is 4.16. The predicted molar refractivity (Wildman–Crippen MR) is 136 cm³/mol. The number of benzene rings is 2. The summed E-state index contributed by atoms with van der Waals surface area (Å²) in [7, 11) is 0. The highest BCUT2D eigenvalue weighted by Crippen LogP contribution is 2.29. The van der Waals surface area contributed by atoms with Gasteiger partial charge in [0.1, 0.15) is 6.10 Å². The number of anilines is 1. The molecule has 2 aliphatic rings. The Bertz CT molecular complexity index is 1150. The van der Waals surface area contributed by atoms with Crippen LogP contribution in [0, 0.1) is 0 Å². The van der Waals surface area contributed by atoms with Crippen LogP contribution in [0.15, 0.2) is 59.8 Å². The van der Waals surface area contributed by atoms with E-state index in [4.69, 9.17) is 4.74 Å². The number of hydrogen-bond donors (Lipinski definition) is 1. The Kier molecular flexibility index (Phi) is 7.44. The SMILES string of the molecule is O=C(Nc1ccc(-c2nnc(SCC(=O)N3CCCCC3)n2-c2ccccc2)cc1)[C@@H]1CCCO1. The lowest BCUT2D eigenvalue weighted by molar-refractivity contribution is -0.129. The highest BCUT2D eigenvalue weighted by molar-refractivity contribution is 7.99. The molecule has 9 heteroatoms. The summed E-state index contributed by atoms with van der Waals surface area (Å²) >= 11 is 1.41. The Labute approximate surface area is 209 Å². The first-order valence-electron chi connectivity index (χ1n) is 12.1. The molecule has 0 spiro atoms. The van der Waals surface area contributed by atoms with Crippen molar-refractivity contribution in [2.24, 2.45) is 0 Å². The van der Waals surface area contributed by atoms with Gasteiger partial charge < -0.3 is 15.0 Å². The maximum Gasteiger partial charge on any atom is 0.253 e. The van der Waals surface area contributed by atoms with Crippen LogP contribution >= 0.6 is 11.8 Å². The molecule has 2 aromatic carbocycles. The summed E-state index contributed by atoms with van der Waals surface area (Å²) in [6.07, 6.45) is 4.64. The zero-order valence-corrected chi connectivity index (χ0v) is 20.4. The molecule has 2 fully saturated rings. The fourth-order valence-electron chi connectivity index (χ4n) is 4.43. The average molecular weight is 492 g/mol. The maximum absolute atomic E-state index is 12.7. The van der Waals surface area contributed by atoms with Crippen LogP contribution in [0.4, 0.5) is 5.69 Å². The van der Waals surface area contributed by atoms with Gasteiger partial charge in [-0.1, -0.05) is 30.0 Å². The minimum atomic E-state index is -0.372. The van der Waals surface area contributed by atoms with E-state index < -0.39 is 0 Å². The van der Waals surface area contributed by atoms with Gasteiger partial charge in [-0.15, -0.1) is 10.2 Å². The molecule has 0 radical (unpaired) electrons. The lowest BCUT2D eigenvalue weighted by atomic mass is 10.1. The monoisotopic (exact) mass is 491 g/mol. The number of rotatable bonds is 7. The molecule has 2 saturated heterocycles. The third-order valence-electron chi connectivity index (χ3n) is 6.31. The number of thioether (sulfide) groups is 1. The third kappa shape index (κ3) is 5.57. The van der Waals surface area contributed by atoms with Crippen molar-refractivity contribution in [3.63, 3.8) is 0 Å². The molecular weight excluding hydrogens is 462 g/mol. The summed E-state index contributed by atoms with van der Waals surface area (Å²) in [5.74, 6) is 1.05. The van der Waals surface area contributed by atoms with E-state index >= 15 is 0 Å². The second-order valence-electron chi connectivity index (χ2n) is 8.78. The van der Waals surface area contributed by atoms with Crippen molar-refractivity contribution in [2.75, 3.05) is 30.8 Å². The first-order valence-corrected chi connectivity index (χ1v) is 13.1. The van der Waals surface area contributed by atoms with Crippen LogP contribution < -0.4 is 5.32 Å². The summed E-state index contributed by atoms with van der Waals surface area (Å²) in [6.45, 7) is 2.31. The molecular formula is C26H29N5O3S. The molecule has 0 unspecified atom stereocenters. The van der Waals surface area contributed by atoms with E-state index in [1.165, 1.54) is 18.2 Å². The lowest BCUT2D eigenvalue weighted by Gasteiger charge is -2.26. The number of aromatic nitrogens is 3. The van der Waals surface area contributed by atoms with Gasteiger partial charge in [0.05, 0.1) is 5.75 Å². The Morgan fingerprint density at radius 3 is 2.46 bits per heavy atom. The zero-order valence-electron chi connectivity index (χ0n) is 19.6. The molecule has 35 heavy (non-hydrogen) atoms. The summed E-state index contributed by atoms with van der Waals surface area (Å²) in [6, 6.07) is 17.5. The molecule has 182 valence electrons. The number of amides is 2. The summed E-state index contributed by atoms with van der Waals surface area (Å²) in [5.41, 5.74) is 2.50. The van der Waals surface area contributed by atoms with E-state index in [-0.39, 0.29) is 17.9 Å². The maximum atomic E-state index is 12.7. The molecule has 1 N–H and O–H groups in total. The van der Waals surface area contributed by atoms with Crippen molar-refractivity contribution in [1.82, 2.24) is 19.7 Å². The van der Waals surface area contributed by atoms with Gasteiger partial charge in [0.25, 0.3) is 5.91 Å². The summed E-state index contributed by atoms with van der Waals surface area (Å²) in [5, 5.41) is 12.5. The number of nitrogens with zero attached hydrogens (tertiary/aromatic N) is 4. The number of hydrogen-bond acceptors (Lipinski definition) is 6. The van der Waals surface area contributed by atoms with Gasteiger partial charge in [0.2, 0.25) is 5.91 Å². The van der Waals surface area contributed by atoms with Crippen LogP contribution in [-0.4, -0.2) is 63.0 Å². The van der Waals surface area contributed by atoms with Crippen molar-refractivity contribution in [3.05, 3.63) is 54.6 Å². The summed E-state index contributed by atoms with van der Waals surface area (Å²) < 4.78 is 7.44. The first kappa shape index (κ1) is 23.6. The van der Waals surface area contributed by atoms with Gasteiger partial charge in [0.15, 0.2) is 11.0 Å². The standard InChI is InChI=1S/C26H29N5O3S/c32-23(30-15-5-2-6-16-30)18-35-26-29-28-24(31(26)21-8-3-1-4-9-21)19-11-13-20(14-12-19)27-25(33)22-10-7-17-34-22/h1,3-4,8-9,11-14,22H,2,5-7,10,15-18H2,(H,27,33)/t22-/m0/s1. The quantitative estimate of drug-likeness (QED) is 0.500. The van der Waals surface area contributed by atoms with Crippen LogP contribution in [-0.2, 0) is 14.3 Å². The molecule has 3 aromatic rings. The van der Waals surface area contributed by atoms with Gasteiger partial charge in [-0.25, -0.2) is 0 Å². The van der Waals surface area contributed by atoms with E-state index in [0.717, 1.165) is 50.0 Å². The van der Waals surface area contributed by atoms with E-state index in [1.54, 1.807) is 0 Å². The largest absolute Gasteiger partial charge is 0.368 e. The molecule has 8 nitrogen and oxygen atoms in total. The van der Waals surface area contributed by atoms with E-state index in [1.807, 2.05) is 64.1 Å². The number of ether oxygens (including phenoxy) is 1. The van der Waals surface area contributed by atoms with E-state index in [9.17, 15) is 9.59 Å². The third-order valence-corrected chi connectivity index (χ3v) is 7.23. The Balaban J connectivity index is 1.35. The number of nitrogens with one attached hydrogen (secondary N) is 1. The van der Waals surface area contributed by atoms with Gasteiger partial charge in [-0.05, 0) is 68.5 Å². The average Bonchev–Trinajstić information content (AvgIpc) is 3.59. The minimum absolute atomic E-state index is 0.111. The Morgan fingerprint density at radius 2 is 1.74 bits per heavy atom. The molecule has 0 aliphatic carbocycles. The molecule has 5 rings (SSSR count). The van der Waals surface area contributed by atoms with Crippen molar-refractivity contribution in [1.29, 1.82) is 0 Å². The van der Waals surface area contributed by atoms with Gasteiger partial charge in [-0.3, -0.25) is 14.2 Å². The lowest BCUT2D eigenvalue weighted by Crippen LogP contribution is -2.36. The minimum Gasteiger partial charge on any atom is -0.368 e. The molecule has 3 heterocycles. The molecule has 1 atom stereocenters. The van der Waals surface area contributed by atoms with Crippen LogP contribution in [0.5, 0.6) is 0 Å². The highest BCUT2D eigenvalue weighted by atomic mass is 32.2. The van der Waals surface area contributed by atoms with Gasteiger partial charge in [0, 0.05) is 36.6 Å². The van der Waals surface area contributed by atoms with E-state index in [2.05, 4.69) is 15.5 Å². The second-order valence-corrected chi connectivity index (χ2v) is 9.72. The number of carbonyl (C=O) groups excluding carboxylic acids is 2. The van der Waals surface area contributed by atoms with Crippen LogP contribution in [0.1, 0.15) is 32.1 Å². The van der Waals surface area contributed by atoms with Crippen molar-refractivity contribution < 1.29 is 14.3 Å². The van der Waals surface area contributed by atoms with Crippen molar-refractivity contribution in [3.8, 4) is 17.1 Å². The number of carbonyl (C=O) groups is 2. The van der Waals surface area contributed by atoms with Gasteiger partial charge >= 0.3 is 0 Å². The summed E-state index contributed by atoms with van der Waals surface area (Å²) in [4.78, 5) is 27.0. The normalized spacial score (nSPS) is 17.9. The fraction of sp³-hybridized carbons (Fsp3) is 0.385. The molecule has 0 bridgehead atoms. The topological polar surface area (TPSA) is 89.4 Å². The van der Waals surface area contributed by atoms with Crippen LogP contribution in [0.2, 0.25) is 0 Å². The second kappa shape index (κ2) is 11.0. The Hall–Kier alpha value is -3.17. The molecule has 2 amide bonds. The van der Waals surface area contributed by atoms with Crippen molar-refractivity contribution in [2.45, 2.75) is 43.4 Å². The van der Waals surface area contributed by atoms with Gasteiger partial charge in [-0.2, -0.15) is 0 Å². The van der Waals surface area contributed by atoms with Crippen molar-refractivity contribution >= 4 is 29.3 Å². The Morgan fingerprint density at radius 1 is 0.971 bits per heavy atom. The molecule has 1 aromatic heterocycles. The highest BCUT2D eigenvalue weighted by Gasteiger charge is 2.24. The first-order chi connectivity index (χ1) is 17.2. The smallest absolute Gasteiger partial charge is 0.253 e. The van der Waals surface area contributed by atoms with E-state index in [0.29, 0.717) is 29.0 Å². The fourth-order valence-corrected chi connectivity index (χ4v) is 5.29. The zero-order chi connectivity index (χ0) is 24.0. The molecule has 0 saturated carbocycles. The van der Waals surface area contributed by atoms with Crippen LogP contribution in [0.25, 0.3) is 17.1 Å². The molecule has 2 aliphatic heterocycles. The number of para-hydroxylation sites is 1. The van der Waals surface area contributed by atoms with Crippen LogP contribution in [0.3, 0.4) is 0 Å². The number of piperidine rings is 1.